The fourth-order valence-electron chi connectivity index (χ4n) is 3.15. The standard InChI is InChI=1S/C22H20FN5OS2/c1-13-7-9-15(10-8-13)20-26-27-22(30)28(20)12-19(29)25-21-24-14(2)18(31-21)11-16-5-3-4-6-17(16)23/h3-10H,11-12H2,1-2H3,(H,27,30)(H,24,25,29). The molecule has 0 bridgehead atoms. The molecule has 0 aliphatic carbocycles. The Kier molecular flexibility index (Phi) is 6.06. The van der Waals surface area contributed by atoms with Gasteiger partial charge in [0.05, 0.1) is 5.69 Å². The van der Waals surface area contributed by atoms with Gasteiger partial charge < -0.3 is 5.32 Å². The molecule has 0 unspecified atom stereocenters. The van der Waals surface area contributed by atoms with E-state index in [2.05, 4.69) is 20.5 Å². The van der Waals surface area contributed by atoms with Crippen LogP contribution in [-0.4, -0.2) is 25.7 Å². The number of rotatable bonds is 6. The number of hydrogen-bond acceptors (Lipinski definition) is 5. The predicted octanol–water partition coefficient (Wildman–Crippen LogP) is 5.05. The average Bonchev–Trinajstić information content (AvgIpc) is 3.26. The number of halogens is 1. The summed E-state index contributed by atoms with van der Waals surface area (Å²) in [7, 11) is 0. The molecule has 31 heavy (non-hydrogen) atoms. The SMILES string of the molecule is Cc1ccc(-c2n[nH]c(=S)n2CC(=O)Nc2nc(C)c(Cc3ccccc3F)s2)cc1. The Balaban J connectivity index is 1.49. The van der Waals surface area contributed by atoms with Crippen molar-refractivity contribution in [3.63, 3.8) is 0 Å². The summed E-state index contributed by atoms with van der Waals surface area (Å²) in [6.07, 6.45) is 0.427. The zero-order valence-electron chi connectivity index (χ0n) is 17.0. The lowest BCUT2D eigenvalue weighted by Crippen LogP contribution is -2.19. The minimum Gasteiger partial charge on any atom is -0.300 e. The number of anilines is 1. The molecular weight excluding hydrogens is 433 g/mol. The highest BCUT2D eigenvalue weighted by Gasteiger charge is 2.16. The van der Waals surface area contributed by atoms with E-state index < -0.39 is 0 Å². The lowest BCUT2D eigenvalue weighted by Gasteiger charge is -2.07. The summed E-state index contributed by atoms with van der Waals surface area (Å²) in [4.78, 5) is 18.0. The first-order chi connectivity index (χ1) is 14.9. The highest BCUT2D eigenvalue weighted by molar-refractivity contribution is 7.71. The van der Waals surface area contributed by atoms with Gasteiger partial charge in [0.2, 0.25) is 5.91 Å². The molecule has 0 radical (unpaired) electrons. The number of amides is 1. The maximum Gasteiger partial charge on any atom is 0.246 e. The first-order valence-electron chi connectivity index (χ1n) is 9.62. The first kappa shape index (κ1) is 21.1. The number of aryl methyl sites for hydroxylation is 2. The molecule has 4 aromatic rings. The van der Waals surface area contributed by atoms with E-state index in [4.69, 9.17) is 12.2 Å². The topological polar surface area (TPSA) is 75.6 Å². The number of aromatic nitrogens is 4. The van der Waals surface area contributed by atoms with Gasteiger partial charge in [-0.05, 0) is 37.7 Å². The number of aromatic amines is 1. The summed E-state index contributed by atoms with van der Waals surface area (Å²) in [5, 5.41) is 10.3. The van der Waals surface area contributed by atoms with E-state index in [9.17, 15) is 9.18 Å². The molecule has 2 aromatic heterocycles. The third-order valence-electron chi connectivity index (χ3n) is 4.82. The molecule has 0 fully saturated rings. The molecule has 9 heteroatoms. The van der Waals surface area contributed by atoms with E-state index in [1.54, 1.807) is 22.8 Å². The van der Waals surface area contributed by atoms with E-state index in [0.717, 1.165) is 21.7 Å². The second kappa shape index (κ2) is 8.91. The number of benzene rings is 2. The zero-order chi connectivity index (χ0) is 22.0. The van der Waals surface area contributed by atoms with Crippen LogP contribution >= 0.6 is 23.6 Å². The van der Waals surface area contributed by atoms with Crippen LogP contribution in [0.1, 0.15) is 21.7 Å². The van der Waals surface area contributed by atoms with Crippen molar-refractivity contribution in [1.29, 1.82) is 0 Å². The first-order valence-corrected chi connectivity index (χ1v) is 10.8. The summed E-state index contributed by atoms with van der Waals surface area (Å²) in [5.41, 5.74) is 3.36. The number of thiazole rings is 1. The predicted molar refractivity (Wildman–Crippen MR) is 122 cm³/mol. The molecule has 158 valence electrons. The van der Waals surface area contributed by atoms with Crippen LogP contribution in [-0.2, 0) is 17.8 Å². The molecule has 6 nitrogen and oxygen atoms in total. The van der Waals surface area contributed by atoms with Crippen molar-refractivity contribution in [1.82, 2.24) is 19.7 Å². The maximum absolute atomic E-state index is 14.0. The molecule has 0 aliphatic heterocycles. The van der Waals surface area contributed by atoms with Crippen LogP contribution in [0.4, 0.5) is 9.52 Å². The van der Waals surface area contributed by atoms with Gasteiger partial charge in [-0.15, -0.1) is 11.3 Å². The number of hydrogen-bond donors (Lipinski definition) is 2. The fraction of sp³-hybridized carbons (Fsp3) is 0.182. The fourth-order valence-corrected chi connectivity index (χ4v) is 4.35. The number of nitrogens with one attached hydrogen (secondary N) is 2. The van der Waals surface area contributed by atoms with Crippen LogP contribution in [0.3, 0.4) is 0 Å². The van der Waals surface area contributed by atoms with Gasteiger partial charge >= 0.3 is 0 Å². The van der Waals surface area contributed by atoms with Crippen LogP contribution in [0.15, 0.2) is 48.5 Å². The molecule has 4 rings (SSSR count). The number of H-pyrrole nitrogens is 1. The average molecular weight is 454 g/mol. The zero-order valence-corrected chi connectivity index (χ0v) is 18.6. The molecule has 2 heterocycles. The molecule has 0 aliphatic rings. The van der Waals surface area contributed by atoms with Crippen LogP contribution in [0, 0.1) is 24.4 Å². The van der Waals surface area contributed by atoms with E-state index in [-0.39, 0.29) is 18.3 Å². The lowest BCUT2D eigenvalue weighted by atomic mass is 10.1. The molecule has 0 atom stereocenters. The quantitative estimate of drug-likeness (QED) is 0.401. The van der Waals surface area contributed by atoms with Gasteiger partial charge in [0.25, 0.3) is 0 Å². The summed E-state index contributed by atoms with van der Waals surface area (Å²) in [5.74, 6) is 0.0756. The van der Waals surface area contributed by atoms with Crippen molar-refractivity contribution in [3.8, 4) is 11.4 Å². The minimum absolute atomic E-state index is 0.000181. The van der Waals surface area contributed by atoms with Gasteiger partial charge in [-0.2, -0.15) is 5.10 Å². The van der Waals surface area contributed by atoms with Crippen LogP contribution in [0.5, 0.6) is 0 Å². The summed E-state index contributed by atoms with van der Waals surface area (Å²) >= 11 is 6.65. The Hall–Kier alpha value is -3.17. The Labute approximate surface area is 187 Å². The third-order valence-corrected chi connectivity index (χ3v) is 6.20. The molecule has 1 amide bonds. The van der Waals surface area contributed by atoms with Crippen molar-refractivity contribution in [2.24, 2.45) is 0 Å². The lowest BCUT2D eigenvalue weighted by molar-refractivity contribution is -0.116. The summed E-state index contributed by atoms with van der Waals surface area (Å²) < 4.78 is 16.0. The maximum atomic E-state index is 14.0. The van der Waals surface area contributed by atoms with Crippen LogP contribution < -0.4 is 5.32 Å². The van der Waals surface area contributed by atoms with Gasteiger partial charge in [0.15, 0.2) is 15.7 Å². The second-order valence-electron chi connectivity index (χ2n) is 7.15. The Morgan fingerprint density at radius 3 is 2.68 bits per heavy atom. The second-order valence-corrected chi connectivity index (χ2v) is 8.62. The molecule has 0 spiro atoms. The normalized spacial score (nSPS) is 10.9. The molecule has 2 aromatic carbocycles. The van der Waals surface area contributed by atoms with Gasteiger partial charge in [-0.1, -0.05) is 48.0 Å². The van der Waals surface area contributed by atoms with Crippen molar-refractivity contribution >= 4 is 34.6 Å². The molecule has 0 saturated carbocycles. The van der Waals surface area contributed by atoms with Crippen LogP contribution in [0.2, 0.25) is 0 Å². The number of carbonyl (C=O) groups is 1. The largest absolute Gasteiger partial charge is 0.300 e. The van der Waals surface area contributed by atoms with Gasteiger partial charge in [-0.3, -0.25) is 14.5 Å². The van der Waals surface area contributed by atoms with Gasteiger partial charge in [0.1, 0.15) is 12.4 Å². The Morgan fingerprint density at radius 2 is 1.94 bits per heavy atom. The van der Waals surface area contributed by atoms with E-state index in [1.807, 2.05) is 38.1 Å². The van der Waals surface area contributed by atoms with Gasteiger partial charge in [0, 0.05) is 16.9 Å². The highest BCUT2D eigenvalue weighted by atomic mass is 32.1. The highest BCUT2D eigenvalue weighted by Crippen LogP contribution is 2.26. The van der Waals surface area contributed by atoms with Crippen molar-refractivity contribution in [2.45, 2.75) is 26.8 Å². The monoisotopic (exact) mass is 453 g/mol. The number of nitrogens with zero attached hydrogens (tertiary/aromatic N) is 3. The Bertz CT molecular complexity index is 1290. The molecule has 0 saturated heterocycles. The number of carbonyl (C=O) groups excluding carboxylic acids is 1. The Morgan fingerprint density at radius 1 is 1.19 bits per heavy atom. The molecular formula is C22H20FN5OS2. The van der Waals surface area contributed by atoms with Crippen LogP contribution in [0.25, 0.3) is 11.4 Å². The van der Waals surface area contributed by atoms with E-state index >= 15 is 0 Å². The van der Waals surface area contributed by atoms with E-state index in [0.29, 0.717) is 27.7 Å². The summed E-state index contributed by atoms with van der Waals surface area (Å²) in [6.45, 7) is 3.86. The van der Waals surface area contributed by atoms with Gasteiger partial charge in [-0.25, -0.2) is 9.37 Å². The summed E-state index contributed by atoms with van der Waals surface area (Å²) in [6, 6.07) is 14.5. The third kappa shape index (κ3) is 4.78. The van der Waals surface area contributed by atoms with Crippen molar-refractivity contribution in [2.75, 3.05) is 5.32 Å². The van der Waals surface area contributed by atoms with Crippen molar-refractivity contribution < 1.29 is 9.18 Å². The molecule has 2 N–H and O–H groups in total. The van der Waals surface area contributed by atoms with E-state index in [1.165, 1.54) is 17.4 Å². The smallest absolute Gasteiger partial charge is 0.246 e. The van der Waals surface area contributed by atoms with Crippen molar-refractivity contribution in [3.05, 3.63) is 80.8 Å². The minimum atomic E-state index is -0.267.